The van der Waals surface area contributed by atoms with Crippen LogP contribution in [0.3, 0.4) is 0 Å². The van der Waals surface area contributed by atoms with Gasteiger partial charge < -0.3 is 29.7 Å². The van der Waals surface area contributed by atoms with Crippen molar-refractivity contribution in [3.05, 3.63) is 206 Å². The highest BCUT2D eigenvalue weighted by molar-refractivity contribution is 9.09. The molecule has 0 radical (unpaired) electrons. The fraction of sp³-hybridized carbons (Fsp3) is 0.304. The summed E-state index contributed by atoms with van der Waals surface area (Å²) in [6, 6.07) is 18.0. The Kier molecular flexibility index (Phi) is 23.6. The Labute approximate surface area is 620 Å². The van der Waals surface area contributed by atoms with Crippen LogP contribution < -0.4 is 58.6 Å². The number of nitrogens with zero attached hydrogens (tertiary/aromatic N) is 15. The number of hydrogen-bond acceptors (Lipinski definition) is 24. The fourth-order valence-corrected chi connectivity index (χ4v) is 16.2. The largest absolute Gasteiger partial charge is 0.496 e. The second kappa shape index (κ2) is 32.5. The minimum absolute atomic E-state index is 0. The van der Waals surface area contributed by atoms with Gasteiger partial charge in [-0.05, 0) is 76.4 Å². The van der Waals surface area contributed by atoms with Gasteiger partial charge in [-0.1, -0.05) is 101 Å². The molecule has 3 aromatic carbocycles. The van der Waals surface area contributed by atoms with E-state index >= 15 is 0 Å². The Balaban J connectivity index is 0.000000159. The molecule has 3 fully saturated rings. The standard InChI is InChI=1S/C23H22N6O5S.C22H20N6O5S.C13H12N6O3S.C9H9BrO2.2CH4/c1-13-18-20(32)28(15-8-11-26(2)19(15)31)23(33)27(22(18)35-21(13)29-24-9-10-25-29)12-16(30)14-6-4-5-7-17(14)34-3;1-12-17-19(31)27(14-7-8-23-18(14)30)22(32)26(21(17)34-20(12)28-24-9-10-25-28)11-15(29)13-5-3-4-6-16(13)33-2;1-6-8-10(23-12(6)19-15-4-5-16-19)17-13(22)18(11(8)21)7-2-3-14-9(7)20;1-12-9-5-3-2-4-7(9)8(11)6-10;;/h4-7,9-10,15H,8,11-12H2,1-3H3;3-6,9-10,14H,7-8,11H2,1-2H3,(H,23,30);4-5,7H,2-3H2,1H3,(H,14,20)(H,17,22);2-5H,6H2,1H3;2*1H4/t15-;14-;7-;;;/m000.../s1. The number of carbonyl (C=O) groups excluding carboxylic acids is 6. The topological polar surface area (TPSA) is 392 Å². The lowest BCUT2D eigenvalue weighted by Crippen LogP contribution is -2.44. The van der Waals surface area contributed by atoms with E-state index in [4.69, 9.17) is 14.2 Å². The molecule has 3 aliphatic heterocycles. The molecule has 3 amide bonds. The van der Waals surface area contributed by atoms with Crippen molar-refractivity contribution >= 4 is 116 Å². The number of ketones is 3. The predicted octanol–water partition coefficient (Wildman–Crippen LogP) is 5.72. The zero-order valence-corrected chi connectivity index (χ0v) is 60.5. The molecule has 12 heterocycles. The van der Waals surface area contributed by atoms with Gasteiger partial charge >= 0.3 is 17.1 Å². The summed E-state index contributed by atoms with van der Waals surface area (Å²) in [5, 5.41) is 33.0. The highest BCUT2D eigenvalue weighted by Gasteiger charge is 2.37. The van der Waals surface area contributed by atoms with Crippen LogP contribution in [0.2, 0.25) is 0 Å². The Morgan fingerprint density at radius 3 is 1.22 bits per heavy atom. The molecule has 15 rings (SSSR count). The van der Waals surface area contributed by atoms with Gasteiger partial charge in [-0.15, -0.1) is 14.4 Å². The van der Waals surface area contributed by atoms with Crippen LogP contribution in [0, 0.1) is 20.8 Å². The third kappa shape index (κ3) is 14.4. The Bertz CT molecular complexity index is 5750. The van der Waals surface area contributed by atoms with Crippen LogP contribution in [0.25, 0.3) is 45.7 Å². The van der Waals surface area contributed by atoms with E-state index in [1.54, 1.807) is 95.6 Å². The van der Waals surface area contributed by atoms with E-state index in [2.05, 4.69) is 62.1 Å². The second-order valence-corrected chi connectivity index (χ2v) is 27.1. The molecule has 33 nitrogen and oxygen atoms in total. The quantitative estimate of drug-likeness (QED) is 0.0724. The van der Waals surface area contributed by atoms with Crippen LogP contribution in [-0.2, 0) is 27.5 Å². The molecule has 3 aliphatic rings. The van der Waals surface area contributed by atoms with Crippen LogP contribution in [0.4, 0.5) is 0 Å². The Morgan fingerprint density at radius 1 is 0.491 bits per heavy atom. The predicted molar refractivity (Wildman–Crippen MR) is 400 cm³/mol. The lowest BCUT2D eigenvalue weighted by molar-refractivity contribution is -0.129. The SMILES string of the molecule is C.C.COc1ccccc1C(=O)CBr.COc1ccccc1C(=O)Cn1c(=O)n([C@H]2CCN(C)C2=O)c(=O)c2c(C)c(-n3nccn3)sc21.COc1ccccc1C(=O)Cn1c(=O)n([C@H]2CCNC2=O)c(=O)c2c(C)c(-n3nccn3)sc21.Cc1c(-n2nccn2)sc2[nH]c(=O)n([C@H]3CCNC3=O)c(=O)c12. The lowest BCUT2D eigenvalue weighted by atomic mass is 10.1. The van der Waals surface area contributed by atoms with Crippen molar-refractivity contribution in [2.24, 2.45) is 0 Å². The molecule has 0 bridgehead atoms. The van der Waals surface area contributed by atoms with E-state index in [1.807, 2.05) is 12.1 Å². The highest BCUT2D eigenvalue weighted by atomic mass is 79.9. The number of Topliss-reactive ketones (excluding diaryl/α,β-unsaturated/α-hetero) is 3. The lowest BCUT2D eigenvalue weighted by Gasteiger charge is -2.16. The summed E-state index contributed by atoms with van der Waals surface area (Å²) in [4.78, 5) is 164. The van der Waals surface area contributed by atoms with Gasteiger partial charge in [0.25, 0.3) is 16.7 Å². The van der Waals surface area contributed by atoms with E-state index in [0.29, 0.717) is 130 Å². The number of aryl methyl sites for hydroxylation is 3. The van der Waals surface area contributed by atoms with Gasteiger partial charge in [0.05, 0.1) is 110 Å². The van der Waals surface area contributed by atoms with Crippen molar-refractivity contribution in [1.82, 2.24) is 88.3 Å². The molecule has 0 aliphatic carbocycles. The number of carbonyl (C=O) groups is 6. The zero-order valence-electron chi connectivity index (χ0n) is 56.4. The highest BCUT2D eigenvalue weighted by Crippen LogP contribution is 2.35. The zero-order chi connectivity index (χ0) is 73.9. The van der Waals surface area contributed by atoms with Gasteiger partial charge in [0.2, 0.25) is 17.7 Å². The van der Waals surface area contributed by atoms with Crippen molar-refractivity contribution in [3.8, 4) is 32.3 Å². The number of alkyl halides is 1. The van der Waals surface area contributed by atoms with Crippen molar-refractivity contribution in [1.29, 1.82) is 0 Å². The van der Waals surface area contributed by atoms with E-state index in [1.165, 1.54) is 91.2 Å². The molecule has 3 N–H and O–H groups in total. The number of likely N-dealkylation sites (N-methyl/N-ethyl adjacent to an activating group) is 1. The molecule has 12 aromatic rings. The van der Waals surface area contributed by atoms with Gasteiger partial charge in [0.1, 0.15) is 64.9 Å². The van der Waals surface area contributed by atoms with Gasteiger partial charge in [-0.2, -0.15) is 30.6 Å². The molecular formula is C69H71BrN18O15S3. The first-order valence-corrected chi connectivity index (χ1v) is 35.5. The van der Waals surface area contributed by atoms with Crippen LogP contribution in [0.5, 0.6) is 17.2 Å². The summed E-state index contributed by atoms with van der Waals surface area (Å²) in [6.07, 6.45) is 10.1. The molecular weight excluding hydrogens is 1500 g/mol. The van der Waals surface area contributed by atoms with Gasteiger partial charge in [-0.3, -0.25) is 57.3 Å². The van der Waals surface area contributed by atoms with Crippen molar-refractivity contribution in [2.45, 2.75) is 86.1 Å². The minimum Gasteiger partial charge on any atom is -0.496 e. The monoisotopic (exact) mass is 1570 g/mol. The molecule has 552 valence electrons. The number of likely N-dealkylation sites (tertiary alicyclic amines) is 1. The molecule has 37 heteroatoms. The molecule has 3 atom stereocenters. The summed E-state index contributed by atoms with van der Waals surface area (Å²) in [5.41, 5.74) is -0.554. The molecule has 106 heavy (non-hydrogen) atoms. The smallest absolute Gasteiger partial charge is 0.333 e. The number of aromatic nitrogens is 15. The fourth-order valence-electron chi connectivity index (χ4n) is 12.4. The van der Waals surface area contributed by atoms with E-state index in [0.717, 1.165) is 36.4 Å². The number of halogens is 1. The molecule has 0 saturated carbocycles. The van der Waals surface area contributed by atoms with Crippen molar-refractivity contribution < 1.29 is 43.0 Å². The van der Waals surface area contributed by atoms with Crippen LogP contribution >= 0.6 is 49.9 Å². The summed E-state index contributed by atoms with van der Waals surface area (Å²) in [6.45, 7) is 5.82. The maximum Gasteiger partial charge on any atom is 0.333 e. The average Bonchev–Trinajstić information content (AvgIpc) is 1.57. The van der Waals surface area contributed by atoms with Gasteiger partial charge in [-0.25, -0.2) is 28.1 Å². The number of ether oxygens (including phenoxy) is 3. The number of para-hydroxylation sites is 3. The van der Waals surface area contributed by atoms with Crippen LogP contribution in [-0.4, -0.2) is 166 Å². The third-order valence-electron chi connectivity index (χ3n) is 17.6. The normalized spacial score (nSPS) is 15.2. The maximum absolute atomic E-state index is 13.7. The minimum atomic E-state index is -0.942. The number of nitrogens with one attached hydrogen (secondary N) is 3. The summed E-state index contributed by atoms with van der Waals surface area (Å²) < 4.78 is 21.1. The number of aromatic amines is 1. The number of thiophene rings is 3. The number of benzene rings is 3. The average molecular weight is 1570 g/mol. The Hall–Kier alpha value is -11.7. The Morgan fingerprint density at radius 2 is 0.849 bits per heavy atom. The summed E-state index contributed by atoms with van der Waals surface area (Å²) in [5.74, 6) is -0.331. The first kappa shape index (κ1) is 76.9. The van der Waals surface area contributed by atoms with E-state index in [-0.39, 0.29) is 67.9 Å². The number of rotatable bonds is 17. The van der Waals surface area contributed by atoms with Gasteiger partial charge in [0, 0.05) is 43.4 Å². The summed E-state index contributed by atoms with van der Waals surface area (Å²) in [7, 11) is 6.11. The number of fused-ring (bicyclic) bond motifs is 3. The second-order valence-electron chi connectivity index (χ2n) is 23.6. The molecule has 3 saturated heterocycles. The van der Waals surface area contributed by atoms with Crippen molar-refractivity contribution in [3.63, 3.8) is 0 Å². The maximum atomic E-state index is 13.7. The van der Waals surface area contributed by atoms with Crippen LogP contribution in [0.15, 0.2) is 139 Å². The number of amides is 3. The third-order valence-corrected chi connectivity index (χ3v) is 21.8. The van der Waals surface area contributed by atoms with Crippen molar-refractivity contribution in [2.75, 3.05) is 53.3 Å². The van der Waals surface area contributed by atoms with E-state index < -0.39 is 57.8 Å². The number of methoxy groups -OCH3 is 3. The molecule has 9 aromatic heterocycles. The number of hydrogen-bond donors (Lipinski definition) is 3. The molecule has 0 unspecified atom stereocenters. The molecule has 0 spiro atoms. The van der Waals surface area contributed by atoms with Crippen LogP contribution in [0.1, 0.15) is 100 Å². The van der Waals surface area contributed by atoms with Gasteiger partial charge in [0.15, 0.2) is 17.3 Å². The first-order chi connectivity index (χ1) is 50.1. The van der Waals surface area contributed by atoms with E-state index in [9.17, 15) is 57.5 Å². The number of H-pyrrole nitrogens is 1. The summed E-state index contributed by atoms with van der Waals surface area (Å²) >= 11 is 6.62. The first-order valence-electron chi connectivity index (χ1n) is 31.9.